The van der Waals surface area contributed by atoms with Crippen molar-refractivity contribution in [3.63, 3.8) is 0 Å². The van der Waals surface area contributed by atoms with E-state index in [0.717, 1.165) is 5.69 Å². The minimum absolute atomic E-state index is 1.13. The second-order valence-corrected chi connectivity index (χ2v) is 7.58. The Hall–Kier alpha value is -3.04. The predicted octanol–water partition coefficient (Wildman–Crippen LogP) is 5.33. The number of nitrogens with zero attached hydrogens (tertiary/aromatic N) is 2. The monoisotopic (exact) mass is 350 g/mol. The molecule has 0 saturated carbocycles. The van der Waals surface area contributed by atoms with Crippen LogP contribution in [-0.4, -0.2) is 4.57 Å². The van der Waals surface area contributed by atoms with Crippen molar-refractivity contribution in [2.75, 3.05) is 0 Å². The van der Waals surface area contributed by atoms with E-state index in [2.05, 4.69) is 94.3 Å². The maximum Gasteiger partial charge on any atom is 0.269 e. The van der Waals surface area contributed by atoms with E-state index in [9.17, 15) is 0 Å². The number of para-hydroxylation sites is 2. The van der Waals surface area contributed by atoms with Crippen molar-refractivity contribution in [2.24, 2.45) is 0 Å². The van der Waals surface area contributed by atoms with Gasteiger partial charge in [0, 0.05) is 9.79 Å². The van der Waals surface area contributed by atoms with E-state index in [4.69, 9.17) is 0 Å². The van der Waals surface area contributed by atoms with Crippen molar-refractivity contribution < 1.29 is 4.57 Å². The Bertz CT molecular complexity index is 1300. The molecule has 0 aliphatic carbocycles. The van der Waals surface area contributed by atoms with E-state index in [1.807, 2.05) is 17.8 Å². The molecule has 1 aliphatic heterocycles. The van der Waals surface area contributed by atoms with E-state index in [0.29, 0.717) is 0 Å². The Kier molecular flexibility index (Phi) is 2.85. The van der Waals surface area contributed by atoms with Crippen LogP contribution < -0.4 is 4.57 Å². The summed E-state index contributed by atoms with van der Waals surface area (Å²) in [4.78, 5) is 2.55. The van der Waals surface area contributed by atoms with Crippen LogP contribution >= 0.6 is 11.8 Å². The van der Waals surface area contributed by atoms with Crippen LogP contribution in [0.3, 0.4) is 0 Å². The van der Waals surface area contributed by atoms with E-state index >= 15 is 0 Å². The van der Waals surface area contributed by atoms with Crippen molar-refractivity contribution >= 4 is 33.6 Å². The Morgan fingerprint density at radius 3 is 2.35 bits per heavy atom. The highest BCUT2D eigenvalue weighted by atomic mass is 32.2. The number of hydrogen-bond donors (Lipinski definition) is 0. The fraction of sp³-hybridized carbons (Fsp3) is 0. The number of hydrogen-bond acceptors (Lipinski definition) is 1. The molecule has 1 aliphatic rings. The Morgan fingerprint density at radius 1 is 0.731 bits per heavy atom. The van der Waals surface area contributed by atoms with Crippen LogP contribution in [0, 0.1) is 6.33 Å². The Balaban J connectivity index is 1.72. The molecule has 2 heterocycles. The van der Waals surface area contributed by atoms with Gasteiger partial charge in [-0.2, -0.15) is 0 Å². The summed E-state index contributed by atoms with van der Waals surface area (Å²) in [7, 11) is 0. The average molecular weight is 350 g/mol. The first-order chi connectivity index (χ1) is 12.9. The van der Waals surface area contributed by atoms with Crippen LogP contribution in [0.1, 0.15) is 0 Å². The Labute approximate surface area is 155 Å². The van der Waals surface area contributed by atoms with Gasteiger partial charge in [-0.3, -0.25) is 9.13 Å². The number of fused-ring (bicyclic) bond motifs is 3. The van der Waals surface area contributed by atoms with Gasteiger partial charge in [0.15, 0.2) is 0 Å². The number of benzene rings is 4. The zero-order valence-electron chi connectivity index (χ0n) is 13.9. The zero-order valence-corrected chi connectivity index (χ0v) is 14.7. The summed E-state index contributed by atoms with van der Waals surface area (Å²) in [6.45, 7) is 0. The maximum atomic E-state index is 3.59. The third kappa shape index (κ3) is 1.92. The summed E-state index contributed by atoms with van der Waals surface area (Å²) >= 11 is 1.84. The third-order valence-corrected chi connectivity index (χ3v) is 6.04. The molecule has 5 aromatic rings. The second kappa shape index (κ2) is 5.23. The highest BCUT2D eigenvalue weighted by molar-refractivity contribution is 7.99. The van der Waals surface area contributed by atoms with Gasteiger partial charge in [-0.25, -0.2) is 0 Å². The number of imidazole rings is 1. The lowest BCUT2D eigenvalue weighted by Crippen LogP contribution is -2.32. The first-order valence-electron chi connectivity index (χ1n) is 8.64. The predicted molar refractivity (Wildman–Crippen MR) is 105 cm³/mol. The summed E-state index contributed by atoms with van der Waals surface area (Å²) in [5.74, 6) is 0. The van der Waals surface area contributed by atoms with Gasteiger partial charge in [0.05, 0.1) is 22.4 Å². The Morgan fingerprint density at radius 2 is 1.50 bits per heavy atom. The zero-order chi connectivity index (χ0) is 17.1. The molecular weight excluding hydrogens is 336 g/mol. The molecule has 0 radical (unpaired) electrons. The molecular formula is C23H14N2S. The SMILES string of the molecule is [c-]1n(-c2ccccc2)c2cccc3c2[n+]1-c1cc2ccccc2cc1S3. The van der Waals surface area contributed by atoms with Crippen LogP contribution in [0.15, 0.2) is 94.7 Å². The maximum absolute atomic E-state index is 3.59. The topological polar surface area (TPSA) is 8.81 Å². The van der Waals surface area contributed by atoms with Crippen LogP contribution in [0.4, 0.5) is 0 Å². The van der Waals surface area contributed by atoms with Gasteiger partial charge in [0.25, 0.3) is 6.33 Å². The first kappa shape index (κ1) is 14.2. The molecule has 122 valence electrons. The molecule has 0 unspecified atom stereocenters. The molecule has 0 fully saturated rings. The summed E-state index contributed by atoms with van der Waals surface area (Å²) in [6.07, 6.45) is 3.59. The molecule has 2 nitrogen and oxygen atoms in total. The molecule has 6 rings (SSSR count). The van der Waals surface area contributed by atoms with Crippen molar-refractivity contribution in [1.82, 2.24) is 4.57 Å². The molecule has 26 heavy (non-hydrogen) atoms. The quantitative estimate of drug-likeness (QED) is 0.288. The highest BCUT2D eigenvalue weighted by Gasteiger charge is 2.22. The van der Waals surface area contributed by atoms with Gasteiger partial charge in [-0.05, 0) is 35.0 Å². The fourth-order valence-corrected chi connectivity index (χ4v) is 4.85. The lowest BCUT2D eigenvalue weighted by Gasteiger charge is -2.18. The number of aromatic nitrogens is 2. The van der Waals surface area contributed by atoms with Crippen molar-refractivity contribution in [3.05, 3.63) is 91.3 Å². The largest absolute Gasteiger partial charge is 0.292 e. The highest BCUT2D eigenvalue weighted by Crippen LogP contribution is 2.40. The van der Waals surface area contributed by atoms with Crippen LogP contribution in [-0.2, 0) is 0 Å². The van der Waals surface area contributed by atoms with E-state index in [-0.39, 0.29) is 0 Å². The van der Waals surface area contributed by atoms with Gasteiger partial charge >= 0.3 is 0 Å². The summed E-state index contributed by atoms with van der Waals surface area (Å²) in [6, 6.07) is 30.0. The first-order valence-corrected chi connectivity index (χ1v) is 9.45. The van der Waals surface area contributed by atoms with Gasteiger partial charge in [0.2, 0.25) is 0 Å². The van der Waals surface area contributed by atoms with E-state index in [1.165, 1.54) is 37.3 Å². The van der Waals surface area contributed by atoms with Crippen molar-refractivity contribution in [1.29, 1.82) is 0 Å². The van der Waals surface area contributed by atoms with Gasteiger partial charge in [-0.15, -0.1) is 0 Å². The van der Waals surface area contributed by atoms with Gasteiger partial charge < -0.3 is 0 Å². The summed E-state index contributed by atoms with van der Waals surface area (Å²) in [5.41, 5.74) is 4.74. The van der Waals surface area contributed by atoms with Gasteiger partial charge in [0.1, 0.15) is 0 Å². The van der Waals surface area contributed by atoms with Crippen molar-refractivity contribution in [3.8, 4) is 11.4 Å². The van der Waals surface area contributed by atoms with E-state index < -0.39 is 0 Å². The molecule has 0 spiro atoms. The molecule has 0 saturated heterocycles. The molecule has 3 heteroatoms. The van der Waals surface area contributed by atoms with E-state index in [1.54, 1.807) is 0 Å². The molecule has 0 amide bonds. The summed E-state index contributed by atoms with van der Waals surface area (Å²) in [5, 5.41) is 2.53. The smallest absolute Gasteiger partial charge is 0.269 e. The lowest BCUT2D eigenvalue weighted by atomic mass is 10.1. The average Bonchev–Trinajstić information content (AvgIpc) is 3.09. The second-order valence-electron chi connectivity index (χ2n) is 6.50. The minimum Gasteiger partial charge on any atom is -0.292 e. The molecule has 4 aromatic carbocycles. The third-order valence-electron chi connectivity index (χ3n) is 4.94. The lowest BCUT2D eigenvalue weighted by molar-refractivity contribution is -0.576. The molecule has 0 atom stereocenters. The molecule has 0 bridgehead atoms. The fourth-order valence-electron chi connectivity index (χ4n) is 3.73. The normalized spacial score (nSPS) is 12.5. The van der Waals surface area contributed by atoms with Crippen molar-refractivity contribution in [2.45, 2.75) is 9.79 Å². The molecule has 0 N–H and O–H groups in total. The molecule has 1 aromatic heterocycles. The standard InChI is InChI=1S/C23H14N2S/c1-2-9-18(10-3-1)24-15-25-20-13-16-7-4-5-8-17(16)14-22(20)26-21-12-6-11-19(24)23(21)25/h1-14H. The van der Waals surface area contributed by atoms with Crippen LogP contribution in [0.5, 0.6) is 0 Å². The van der Waals surface area contributed by atoms with Gasteiger partial charge in [-0.1, -0.05) is 72.4 Å². The number of rotatable bonds is 1. The van der Waals surface area contributed by atoms with Crippen LogP contribution in [0.25, 0.3) is 33.2 Å². The summed E-state index contributed by atoms with van der Waals surface area (Å²) < 4.78 is 4.37. The van der Waals surface area contributed by atoms with Crippen LogP contribution in [0.2, 0.25) is 0 Å². The minimum atomic E-state index is 1.13.